The summed E-state index contributed by atoms with van der Waals surface area (Å²) in [6.07, 6.45) is 8.96. The summed E-state index contributed by atoms with van der Waals surface area (Å²) < 4.78 is 0. The van der Waals surface area contributed by atoms with E-state index in [0.29, 0.717) is 17.8 Å². The quantitative estimate of drug-likeness (QED) is 0.868. The fraction of sp³-hybridized carbons (Fsp3) is 0.789. The standard InChI is InChI=1S/C19H27N3O2S/c23-16-13-6-12-7-14(16)10-19(8-12,9-13)17(24)21-15-2-1-4-22(11-15)18-20-3-5-25-18/h3,5,12-16,23H,1-2,4,6-11H2,(H,21,24). The number of thiazole rings is 1. The normalized spacial score (nSPS) is 42.6. The third kappa shape index (κ3) is 2.69. The first-order valence-corrected chi connectivity index (χ1v) is 10.6. The number of amides is 1. The van der Waals surface area contributed by atoms with E-state index in [-0.39, 0.29) is 23.5 Å². The molecular weight excluding hydrogens is 334 g/mol. The summed E-state index contributed by atoms with van der Waals surface area (Å²) in [5.41, 5.74) is -0.195. The highest BCUT2D eigenvalue weighted by atomic mass is 32.1. The summed E-state index contributed by atoms with van der Waals surface area (Å²) in [4.78, 5) is 20.0. The highest BCUT2D eigenvalue weighted by Crippen LogP contribution is 2.60. The van der Waals surface area contributed by atoms with Crippen molar-refractivity contribution in [2.24, 2.45) is 23.2 Å². The van der Waals surface area contributed by atoms with Crippen LogP contribution in [0, 0.1) is 23.2 Å². The molecule has 136 valence electrons. The maximum Gasteiger partial charge on any atom is 0.226 e. The Bertz CT molecular complexity index is 633. The molecule has 5 aliphatic rings. The summed E-state index contributed by atoms with van der Waals surface area (Å²) >= 11 is 1.67. The largest absolute Gasteiger partial charge is 0.393 e. The predicted molar refractivity (Wildman–Crippen MR) is 97.5 cm³/mol. The molecule has 2 heterocycles. The first-order valence-electron chi connectivity index (χ1n) is 9.76. The summed E-state index contributed by atoms with van der Waals surface area (Å²) in [5.74, 6) is 1.64. The molecule has 6 heteroatoms. The highest BCUT2D eigenvalue weighted by Gasteiger charge is 2.58. The van der Waals surface area contributed by atoms with E-state index >= 15 is 0 Å². The molecule has 2 N–H and O–H groups in total. The average Bonchev–Trinajstić information content (AvgIpc) is 3.14. The molecule has 1 aliphatic heterocycles. The van der Waals surface area contributed by atoms with Crippen molar-refractivity contribution in [3.63, 3.8) is 0 Å². The topological polar surface area (TPSA) is 65.5 Å². The smallest absolute Gasteiger partial charge is 0.226 e. The van der Waals surface area contributed by atoms with E-state index in [1.807, 2.05) is 11.6 Å². The number of aliphatic hydroxyl groups is 1. The average molecular weight is 362 g/mol. The van der Waals surface area contributed by atoms with E-state index in [1.54, 1.807) is 11.3 Å². The molecule has 0 aromatic carbocycles. The van der Waals surface area contributed by atoms with Gasteiger partial charge >= 0.3 is 0 Å². The Labute approximate surface area is 152 Å². The van der Waals surface area contributed by atoms with Gasteiger partial charge in [-0.3, -0.25) is 4.79 Å². The summed E-state index contributed by atoms with van der Waals surface area (Å²) in [6, 6.07) is 0.225. The molecule has 5 fully saturated rings. The van der Waals surface area contributed by atoms with Crippen molar-refractivity contribution >= 4 is 22.4 Å². The highest BCUT2D eigenvalue weighted by molar-refractivity contribution is 7.13. The number of piperidine rings is 1. The number of hydrogen-bond donors (Lipinski definition) is 2. The minimum Gasteiger partial charge on any atom is -0.393 e. The van der Waals surface area contributed by atoms with Crippen LogP contribution in [-0.4, -0.2) is 41.2 Å². The van der Waals surface area contributed by atoms with Gasteiger partial charge in [0.05, 0.1) is 11.5 Å². The van der Waals surface area contributed by atoms with Crippen LogP contribution in [0.2, 0.25) is 0 Å². The molecule has 4 aliphatic carbocycles. The number of aliphatic hydroxyl groups excluding tert-OH is 1. The van der Waals surface area contributed by atoms with Crippen molar-refractivity contribution in [1.29, 1.82) is 0 Å². The molecule has 1 aromatic heterocycles. The van der Waals surface area contributed by atoms with Crippen molar-refractivity contribution in [1.82, 2.24) is 10.3 Å². The van der Waals surface area contributed by atoms with Gasteiger partial charge in [-0.15, -0.1) is 11.3 Å². The molecule has 5 nitrogen and oxygen atoms in total. The van der Waals surface area contributed by atoms with Gasteiger partial charge in [-0.2, -0.15) is 0 Å². The molecule has 4 saturated carbocycles. The lowest BCUT2D eigenvalue weighted by molar-refractivity contribution is -0.163. The monoisotopic (exact) mass is 361 g/mol. The summed E-state index contributed by atoms with van der Waals surface area (Å²) in [5, 5.41) is 16.9. The number of hydrogen-bond acceptors (Lipinski definition) is 5. The molecule has 1 amide bonds. The Kier molecular flexibility index (Phi) is 3.82. The molecule has 0 radical (unpaired) electrons. The lowest BCUT2D eigenvalue weighted by Gasteiger charge is -2.58. The fourth-order valence-corrected chi connectivity index (χ4v) is 6.93. The molecule has 3 unspecified atom stereocenters. The first kappa shape index (κ1) is 16.1. The molecule has 0 spiro atoms. The van der Waals surface area contributed by atoms with Crippen molar-refractivity contribution in [2.75, 3.05) is 18.0 Å². The van der Waals surface area contributed by atoms with Crippen molar-refractivity contribution < 1.29 is 9.90 Å². The zero-order chi connectivity index (χ0) is 17.0. The molecular formula is C19H27N3O2S. The summed E-state index contributed by atoms with van der Waals surface area (Å²) in [7, 11) is 0. The third-order valence-corrected chi connectivity index (χ3v) is 7.98. The number of carbonyl (C=O) groups is 1. The van der Waals surface area contributed by atoms with E-state index in [4.69, 9.17) is 0 Å². The number of nitrogens with one attached hydrogen (secondary N) is 1. The molecule has 4 bridgehead atoms. The molecule has 1 aromatic rings. The van der Waals surface area contributed by atoms with Crippen molar-refractivity contribution in [3.8, 4) is 0 Å². The van der Waals surface area contributed by atoms with Gasteiger partial charge in [-0.25, -0.2) is 4.98 Å². The molecule has 3 atom stereocenters. The van der Waals surface area contributed by atoms with Gasteiger partial charge in [0.15, 0.2) is 5.13 Å². The lowest BCUT2D eigenvalue weighted by atomic mass is 9.48. The Morgan fingerprint density at radius 3 is 2.84 bits per heavy atom. The van der Waals surface area contributed by atoms with Crippen LogP contribution in [0.5, 0.6) is 0 Å². The zero-order valence-electron chi connectivity index (χ0n) is 14.6. The second-order valence-corrected chi connectivity index (χ2v) is 9.69. The number of carbonyl (C=O) groups excluding carboxylic acids is 1. The Hall–Kier alpha value is -1.14. The maximum absolute atomic E-state index is 13.2. The van der Waals surface area contributed by atoms with Gasteiger partial charge < -0.3 is 15.3 Å². The van der Waals surface area contributed by atoms with Gasteiger partial charge in [0.1, 0.15) is 0 Å². The minimum atomic E-state index is -0.195. The van der Waals surface area contributed by atoms with Crippen LogP contribution in [0.3, 0.4) is 0 Å². The second-order valence-electron chi connectivity index (χ2n) is 8.81. The predicted octanol–water partition coefficient (Wildman–Crippen LogP) is 2.42. The number of anilines is 1. The summed E-state index contributed by atoms with van der Waals surface area (Å²) in [6.45, 7) is 1.90. The second kappa shape index (κ2) is 5.95. The Morgan fingerprint density at radius 2 is 2.12 bits per heavy atom. The molecule has 6 rings (SSSR count). The van der Waals surface area contributed by atoms with Gasteiger partial charge in [-0.05, 0) is 62.7 Å². The van der Waals surface area contributed by atoms with Crippen molar-refractivity contribution in [2.45, 2.75) is 57.1 Å². The first-order chi connectivity index (χ1) is 12.1. The van der Waals surface area contributed by atoms with Gasteiger partial charge in [0.2, 0.25) is 5.91 Å². The lowest BCUT2D eigenvalue weighted by Crippen LogP contribution is -2.60. The van der Waals surface area contributed by atoms with Crippen LogP contribution >= 0.6 is 11.3 Å². The van der Waals surface area contributed by atoms with Crippen LogP contribution in [0.4, 0.5) is 5.13 Å². The SMILES string of the molecule is O=C(NC1CCCN(c2nccs2)C1)C12CC3CC(C1)C(O)C(C3)C2. The zero-order valence-corrected chi connectivity index (χ0v) is 15.4. The van der Waals surface area contributed by atoms with Crippen LogP contribution < -0.4 is 10.2 Å². The minimum absolute atomic E-state index is 0.160. The number of rotatable bonds is 3. The van der Waals surface area contributed by atoms with E-state index in [2.05, 4.69) is 15.2 Å². The van der Waals surface area contributed by atoms with E-state index < -0.39 is 0 Å². The van der Waals surface area contributed by atoms with Gasteiger partial charge in [0, 0.05) is 30.7 Å². The Morgan fingerprint density at radius 1 is 1.32 bits per heavy atom. The van der Waals surface area contributed by atoms with Crippen LogP contribution in [0.25, 0.3) is 0 Å². The number of aromatic nitrogens is 1. The van der Waals surface area contributed by atoms with Gasteiger partial charge in [-0.1, -0.05) is 0 Å². The third-order valence-electron chi connectivity index (χ3n) is 7.15. The number of nitrogens with zero attached hydrogens (tertiary/aromatic N) is 2. The van der Waals surface area contributed by atoms with E-state index in [1.165, 1.54) is 0 Å². The molecule has 25 heavy (non-hydrogen) atoms. The maximum atomic E-state index is 13.2. The van der Waals surface area contributed by atoms with Gasteiger partial charge in [0.25, 0.3) is 0 Å². The van der Waals surface area contributed by atoms with Crippen molar-refractivity contribution in [3.05, 3.63) is 11.6 Å². The molecule has 1 saturated heterocycles. The van der Waals surface area contributed by atoms with Crippen LogP contribution in [-0.2, 0) is 4.79 Å². The Balaban J connectivity index is 1.27. The van der Waals surface area contributed by atoms with E-state index in [0.717, 1.165) is 63.2 Å². The van der Waals surface area contributed by atoms with E-state index in [9.17, 15) is 9.90 Å². The fourth-order valence-electron chi connectivity index (χ4n) is 6.25. The van der Waals surface area contributed by atoms with Crippen LogP contribution in [0.15, 0.2) is 11.6 Å². The van der Waals surface area contributed by atoms with Crippen LogP contribution in [0.1, 0.15) is 44.9 Å².